The van der Waals surface area contributed by atoms with Crippen molar-refractivity contribution in [3.05, 3.63) is 93.8 Å². The molecule has 3 heterocycles. The van der Waals surface area contributed by atoms with Crippen LogP contribution in [0.25, 0.3) is 11.8 Å². The fourth-order valence-corrected chi connectivity index (χ4v) is 5.05. The molecule has 33 heavy (non-hydrogen) atoms. The maximum absolute atomic E-state index is 12.9. The lowest BCUT2D eigenvalue weighted by molar-refractivity contribution is -0.114. The van der Waals surface area contributed by atoms with Crippen molar-refractivity contribution in [3.63, 3.8) is 0 Å². The molecule has 2 aliphatic heterocycles. The Morgan fingerprint density at radius 1 is 1.00 bits per heavy atom. The number of benzene rings is 2. The molecule has 2 aliphatic rings. The zero-order valence-corrected chi connectivity index (χ0v) is 19.7. The number of aliphatic imine (C=N–C) groups is 1. The third-order valence-electron chi connectivity index (χ3n) is 5.85. The fraction of sp³-hybridized carbons (Fsp3) is 0.154. The summed E-state index contributed by atoms with van der Waals surface area (Å²) in [7, 11) is 0. The van der Waals surface area contributed by atoms with Crippen molar-refractivity contribution >= 4 is 39.8 Å². The van der Waals surface area contributed by atoms with Crippen molar-refractivity contribution in [1.82, 2.24) is 9.58 Å². The van der Waals surface area contributed by atoms with E-state index in [1.165, 1.54) is 22.3 Å². The molecular weight excluding hydrogens is 430 g/mol. The zero-order chi connectivity index (χ0) is 23.3. The molecule has 0 atom stereocenters. The van der Waals surface area contributed by atoms with Gasteiger partial charge in [-0.1, -0.05) is 42.0 Å². The van der Waals surface area contributed by atoms with Gasteiger partial charge >= 0.3 is 0 Å². The molecule has 3 aromatic rings. The number of aromatic nitrogens is 1. The van der Waals surface area contributed by atoms with Crippen molar-refractivity contribution in [2.24, 2.45) is 10.1 Å². The van der Waals surface area contributed by atoms with Crippen LogP contribution in [0.3, 0.4) is 0 Å². The number of hydrogen-bond acceptors (Lipinski definition) is 4. The summed E-state index contributed by atoms with van der Waals surface area (Å²) in [6.45, 7) is 8.17. The van der Waals surface area contributed by atoms with E-state index in [0.29, 0.717) is 5.17 Å². The van der Waals surface area contributed by atoms with E-state index in [4.69, 9.17) is 5.41 Å². The molecule has 0 radical (unpaired) electrons. The average Bonchev–Trinajstić information content (AvgIpc) is 3.32. The monoisotopic (exact) mass is 453 g/mol. The molecule has 5 rings (SSSR count). The smallest absolute Gasteiger partial charge is 0.283 e. The Morgan fingerprint density at radius 2 is 1.79 bits per heavy atom. The first-order valence-electron chi connectivity index (χ1n) is 10.7. The van der Waals surface area contributed by atoms with Crippen LogP contribution in [0, 0.1) is 33.1 Å². The number of hydrogen-bond donors (Lipinski definition) is 1. The second-order valence-corrected chi connectivity index (χ2v) is 9.20. The molecular formula is C26H23N5OS. The number of thioether (sulfide) groups is 1. The van der Waals surface area contributed by atoms with Crippen LogP contribution >= 0.6 is 11.8 Å². The minimum Gasteiger partial charge on any atom is -0.318 e. The van der Waals surface area contributed by atoms with Gasteiger partial charge in [-0.2, -0.15) is 15.1 Å². The van der Waals surface area contributed by atoms with Gasteiger partial charge in [0.25, 0.3) is 5.91 Å². The molecule has 0 saturated carbocycles. The lowest BCUT2D eigenvalue weighted by Gasteiger charge is -2.20. The second-order valence-electron chi connectivity index (χ2n) is 8.24. The molecule has 0 fully saturated rings. The van der Waals surface area contributed by atoms with E-state index in [-0.39, 0.29) is 11.4 Å². The van der Waals surface area contributed by atoms with Gasteiger partial charge in [-0.3, -0.25) is 10.2 Å². The summed E-state index contributed by atoms with van der Waals surface area (Å²) in [6, 6.07) is 18.2. The lowest BCUT2D eigenvalue weighted by atomic mass is 10.1. The van der Waals surface area contributed by atoms with E-state index < -0.39 is 5.91 Å². The van der Waals surface area contributed by atoms with Gasteiger partial charge in [-0.15, -0.1) is 0 Å². The molecule has 1 aromatic heterocycles. The van der Waals surface area contributed by atoms with Gasteiger partial charge in [0, 0.05) is 22.6 Å². The summed E-state index contributed by atoms with van der Waals surface area (Å²) in [4.78, 5) is 17.1. The van der Waals surface area contributed by atoms with Crippen molar-refractivity contribution in [2.75, 3.05) is 0 Å². The zero-order valence-electron chi connectivity index (χ0n) is 18.9. The SMILES string of the molecule is Cc1cccc(C2=NN3C(=N)/C(=C\c4cc(C)n(-c5ccccc5C)c4C)C(=O)N=C3S2)c1. The molecule has 0 bridgehead atoms. The third-order valence-corrected chi connectivity index (χ3v) is 6.80. The molecule has 0 unspecified atom stereocenters. The molecule has 2 aromatic carbocycles. The Kier molecular flexibility index (Phi) is 5.13. The molecule has 1 N–H and O–H groups in total. The number of hydrazone groups is 1. The third kappa shape index (κ3) is 3.64. The predicted molar refractivity (Wildman–Crippen MR) is 135 cm³/mol. The summed E-state index contributed by atoms with van der Waals surface area (Å²) in [5.74, 6) is -0.374. The number of amides is 1. The van der Waals surface area contributed by atoms with E-state index in [2.05, 4.69) is 33.7 Å². The van der Waals surface area contributed by atoms with Crippen LogP contribution in [0.15, 0.2) is 70.3 Å². The Hall–Kier alpha value is -3.71. The number of rotatable bonds is 3. The minimum absolute atomic E-state index is 0.0425. The molecule has 0 aliphatic carbocycles. The highest BCUT2D eigenvalue weighted by Gasteiger charge is 2.36. The van der Waals surface area contributed by atoms with Crippen molar-refractivity contribution in [3.8, 4) is 5.69 Å². The molecule has 6 nitrogen and oxygen atoms in total. The van der Waals surface area contributed by atoms with Crippen molar-refractivity contribution < 1.29 is 4.79 Å². The molecule has 0 spiro atoms. The molecule has 164 valence electrons. The lowest BCUT2D eigenvalue weighted by Crippen LogP contribution is -2.35. The Balaban J connectivity index is 1.53. The summed E-state index contributed by atoms with van der Waals surface area (Å²) >= 11 is 1.31. The summed E-state index contributed by atoms with van der Waals surface area (Å²) in [6.07, 6.45) is 1.76. The summed E-state index contributed by atoms with van der Waals surface area (Å²) in [5.41, 5.74) is 7.53. The van der Waals surface area contributed by atoms with Crippen LogP contribution in [0.5, 0.6) is 0 Å². The van der Waals surface area contributed by atoms with Crippen LogP contribution in [0.2, 0.25) is 0 Å². The van der Waals surface area contributed by atoms with E-state index in [1.807, 2.05) is 63.2 Å². The van der Waals surface area contributed by atoms with Crippen LogP contribution in [-0.2, 0) is 4.79 Å². The van der Waals surface area contributed by atoms with Crippen LogP contribution < -0.4 is 0 Å². The Morgan fingerprint density at radius 3 is 2.55 bits per heavy atom. The maximum atomic E-state index is 12.9. The Bertz CT molecular complexity index is 1430. The minimum atomic E-state index is -0.417. The first-order valence-corrected chi connectivity index (χ1v) is 11.5. The van der Waals surface area contributed by atoms with Crippen molar-refractivity contribution in [1.29, 1.82) is 5.41 Å². The van der Waals surface area contributed by atoms with Gasteiger partial charge in [0.2, 0.25) is 5.17 Å². The summed E-state index contributed by atoms with van der Waals surface area (Å²) in [5, 5.41) is 15.9. The maximum Gasteiger partial charge on any atom is 0.283 e. The van der Waals surface area contributed by atoms with Crippen molar-refractivity contribution in [2.45, 2.75) is 27.7 Å². The number of nitrogens with one attached hydrogen (secondary N) is 1. The van der Waals surface area contributed by atoms with Crippen LogP contribution in [-0.4, -0.2) is 31.5 Å². The van der Waals surface area contributed by atoms with Gasteiger partial charge in [0.05, 0.1) is 5.57 Å². The number of amidine groups is 2. The number of para-hydroxylation sites is 1. The van der Waals surface area contributed by atoms with Gasteiger partial charge < -0.3 is 4.57 Å². The number of carbonyl (C=O) groups excluding carboxylic acids is 1. The molecule has 7 heteroatoms. The normalized spacial score (nSPS) is 16.8. The number of nitrogens with zero attached hydrogens (tertiary/aromatic N) is 4. The molecule has 0 saturated heterocycles. The fourth-order valence-electron chi connectivity index (χ4n) is 4.16. The van der Waals surface area contributed by atoms with E-state index >= 15 is 0 Å². The van der Waals surface area contributed by atoms with Gasteiger partial charge in [-0.25, -0.2) is 0 Å². The average molecular weight is 454 g/mol. The highest BCUT2D eigenvalue weighted by atomic mass is 32.2. The standard InChI is InChI=1S/C26H23N5OS/c1-15-8-7-10-19(12-15)25-29-31-23(27)21(24(32)28-26(31)33-25)14-20-13-17(3)30(18(20)4)22-11-6-5-9-16(22)2/h5-14,27H,1-4H3/b21-14+,27-23?. The van der Waals surface area contributed by atoms with E-state index in [1.54, 1.807) is 6.08 Å². The quantitative estimate of drug-likeness (QED) is 0.541. The highest BCUT2D eigenvalue weighted by Crippen LogP contribution is 2.32. The predicted octanol–water partition coefficient (Wildman–Crippen LogP) is 5.38. The van der Waals surface area contributed by atoms with Crippen LogP contribution in [0.1, 0.15) is 33.6 Å². The topological polar surface area (TPSA) is 73.8 Å². The first kappa shape index (κ1) is 21.2. The van der Waals surface area contributed by atoms with E-state index in [9.17, 15) is 4.79 Å². The van der Waals surface area contributed by atoms with Crippen LogP contribution in [0.4, 0.5) is 0 Å². The summed E-state index contributed by atoms with van der Waals surface area (Å²) < 4.78 is 2.17. The first-order chi connectivity index (χ1) is 15.8. The number of carbonyl (C=O) groups is 1. The van der Waals surface area contributed by atoms with Gasteiger partial charge in [0.1, 0.15) is 5.04 Å². The van der Waals surface area contributed by atoms with Gasteiger partial charge in [0.15, 0.2) is 5.84 Å². The van der Waals surface area contributed by atoms with E-state index in [0.717, 1.165) is 38.8 Å². The highest BCUT2D eigenvalue weighted by molar-refractivity contribution is 8.27. The Labute approximate surface area is 196 Å². The number of aryl methyl sites for hydroxylation is 3. The molecule has 1 amide bonds. The number of fused-ring (bicyclic) bond motifs is 1. The largest absolute Gasteiger partial charge is 0.318 e. The van der Waals surface area contributed by atoms with Gasteiger partial charge in [-0.05, 0) is 74.9 Å². The second kappa shape index (κ2) is 8.01.